The van der Waals surface area contributed by atoms with E-state index in [0.29, 0.717) is 24.7 Å². The monoisotopic (exact) mass is 327 g/mol. The van der Waals surface area contributed by atoms with Gasteiger partial charge in [0.15, 0.2) is 17.6 Å². The molecule has 24 heavy (non-hydrogen) atoms. The lowest BCUT2D eigenvalue weighted by atomic mass is 10.1. The highest BCUT2D eigenvalue weighted by molar-refractivity contribution is 5.81. The molecule has 0 bridgehead atoms. The molecule has 2 aromatic carbocycles. The first-order chi connectivity index (χ1) is 11.6. The number of carbonyl (C=O) groups excluding carboxylic acids is 1. The predicted molar refractivity (Wildman–Crippen MR) is 90.5 cm³/mol. The molecule has 5 nitrogen and oxygen atoms in total. The first-order valence-corrected chi connectivity index (χ1v) is 8.05. The molecule has 1 aliphatic heterocycles. The van der Waals surface area contributed by atoms with Crippen LogP contribution in [0.5, 0.6) is 17.2 Å². The SMILES string of the molecule is C[C@H](NC(=O)[C@@H](C)Oc1ccccc1)c1ccc2c(c1)OCCO2. The molecular weight excluding hydrogens is 306 g/mol. The van der Waals surface area contributed by atoms with Crippen LogP contribution < -0.4 is 19.5 Å². The number of hydrogen-bond acceptors (Lipinski definition) is 4. The van der Waals surface area contributed by atoms with Crippen LogP contribution in [0.15, 0.2) is 48.5 Å². The molecule has 0 fully saturated rings. The van der Waals surface area contributed by atoms with Gasteiger partial charge in [0.05, 0.1) is 6.04 Å². The molecular formula is C19H21NO4. The molecule has 0 saturated carbocycles. The fraction of sp³-hybridized carbons (Fsp3) is 0.316. The lowest BCUT2D eigenvalue weighted by molar-refractivity contribution is -0.127. The van der Waals surface area contributed by atoms with Gasteiger partial charge in [-0.3, -0.25) is 4.79 Å². The van der Waals surface area contributed by atoms with Crippen LogP contribution in [0.25, 0.3) is 0 Å². The van der Waals surface area contributed by atoms with Gasteiger partial charge >= 0.3 is 0 Å². The van der Waals surface area contributed by atoms with Crippen LogP contribution in [0.2, 0.25) is 0 Å². The molecule has 2 aromatic rings. The largest absolute Gasteiger partial charge is 0.486 e. The van der Waals surface area contributed by atoms with Gasteiger partial charge in [0.1, 0.15) is 19.0 Å². The van der Waals surface area contributed by atoms with E-state index in [9.17, 15) is 4.79 Å². The van der Waals surface area contributed by atoms with Crippen LogP contribution in [0.4, 0.5) is 0 Å². The summed E-state index contributed by atoms with van der Waals surface area (Å²) in [7, 11) is 0. The maximum absolute atomic E-state index is 12.3. The Morgan fingerprint density at radius 1 is 1.04 bits per heavy atom. The number of rotatable bonds is 5. The summed E-state index contributed by atoms with van der Waals surface area (Å²) in [5.41, 5.74) is 0.958. The lowest BCUT2D eigenvalue weighted by Crippen LogP contribution is -2.37. The van der Waals surface area contributed by atoms with Gasteiger partial charge in [-0.1, -0.05) is 24.3 Å². The summed E-state index contributed by atoms with van der Waals surface area (Å²) in [6.45, 7) is 4.77. The summed E-state index contributed by atoms with van der Waals surface area (Å²) in [4.78, 5) is 12.3. The van der Waals surface area contributed by atoms with Crippen LogP contribution >= 0.6 is 0 Å². The number of para-hydroxylation sites is 1. The second-order valence-corrected chi connectivity index (χ2v) is 5.71. The van der Waals surface area contributed by atoms with E-state index < -0.39 is 6.10 Å². The van der Waals surface area contributed by atoms with Crippen LogP contribution in [0.3, 0.4) is 0 Å². The fourth-order valence-corrected chi connectivity index (χ4v) is 2.50. The number of fused-ring (bicyclic) bond motifs is 1. The predicted octanol–water partition coefficient (Wildman–Crippen LogP) is 3.10. The molecule has 1 N–H and O–H groups in total. The van der Waals surface area contributed by atoms with Crippen molar-refractivity contribution in [2.75, 3.05) is 13.2 Å². The van der Waals surface area contributed by atoms with Crippen molar-refractivity contribution in [2.45, 2.75) is 26.0 Å². The van der Waals surface area contributed by atoms with Crippen molar-refractivity contribution in [1.82, 2.24) is 5.32 Å². The van der Waals surface area contributed by atoms with E-state index in [1.165, 1.54) is 0 Å². The smallest absolute Gasteiger partial charge is 0.261 e. The third kappa shape index (κ3) is 3.79. The van der Waals surface area contributed by atoms with E-state index in [2.05, 4.69) is 5.32 Å². The molecule has 2 atom stereocenters. The van der Waals surface area contributed by atoms with Crippen molar-refractivity contribution < 1.29 is 19.0 Å². The van der Waals surface area contributed by atoms with Gasteiger partial charge in [-0.15, -0.1) is 0 Å². The van der Waals surface area contributed by atoms with Gasteiger partial charge in [-0.05, 0) is 43.7 Å². The molecule has 0 aliphatic carbocycles. The molecule has 0 aromatic heterocycles. The third-order valence-corrected chi connectivity index (χ3v) is 3.85. The Kier molecular flexibility index (Phi) is 4.89. The number of hydrogen-bond donors (Lipinski definition) is 1. The van der Waals surface area contributed by atoms with Gasteiger partial charge in [0.2, 0.25) is 0 Å². The first-order valence-electron chi connectivity index (χ1n) is 8.05. The number of amides is 1. The average Bonchev–Trinajstić information content (AvgIpc) is 2.62. The minimum atomic E-state index is -0.577. The second-order valence-electron chi connectivity index (χ2n) is 5.71. The van der Waals surface area contributed by atoms with Crippen molar-refractivity contribution in [2.24, 2.45) is 0 Å². The van der Waals surface area contributed by atoms with Crippen molar-refractivity contribution in [3.63, 3.8) is 0 Å². The van der Waals surface area contributed by atoms with Gasteiger partial charge in [0.25, 0.3) is 5.91 Å². The second kappa shape index (κ2) is 7.25. The molecule has 0 unspecified atom stereocenters. The van der Waals surface area contributed by atoms with Crippen molar-refractivity contribution in [3.8, 4) is 17.2 Å². The van der Waals surface area contributed by atoms with E-state index in [0.717, 1.165) is 11.3 Å². The summed E-state index contributed by atoms with van der Waals surface area (Å²) >= 11 is 0. The van der Waals surface area contributed by atoms with Crippen LogP contribution in [-0.4, -0.2) is 25.2 Å². The lowest BCUT2D eigenvalue weighted by Gasteiger charge is -2.22. The molecule has 126 valence electrons. The van der Waals surface area contributed by atoms with Gasteiger partial charge in [-0.2, -0.15) is 0 Å². The third-order valence-electron chi connectivity index (χ3n) is 3.85. The van der Waals surface area contributed by atoms with Gasteiger partial charge in [0, 0.05) is 0 Å². The molecule has 3 rings (SSSR count). The molecule has 1 heterocycles. The Balaban J connectivity index is 1.61. The van der Waals surface area contributed by atoms with Crippen molar-refractivity contribution >= 4 is 5.91 Å². The van der Waals surface area contributed by atoms with E-state index in [-0.39, 0.29) is 11.9 Å². The van der Waals surface area contributed by atoms with E-state index >= 15 is 0 Å². The average molecular weight is 327 g/mol. The maximum Gasteiger partial charge on any atom is 0.261 e. The molecule has 1 aliphatic rings. The van der Waals surface area contributed by atoms with Gasteiger partial charge < -0.3 is 19.5 Å². The Bertz CT molecular complexity index is 702. The highest BCUT2D eigenvalue weighted by atomic mass is 16.6. The Morgan fingerprint density at radius 3 is 2.50 bits per heavy atom. The summed E-state index contributed by atoms with van der Waals surface area (Å²) in [5, 5.41) is 2.96. The number of ether oxygens (including phenoxy) is 3. The Labute approximate surface area is 141 Å². The quantitative estimate of drug-likeness (QED) is 0.917. The van der Waals surface area contributed by atoms with Crippen molar-refractivity contribution in [1.29, 1.82) is 0 Å². The van der Waals surface area contributed by atoms with Gasteiger partial charge in [-0.25, -0.2) is 0 Å². The summed E-state index contributed by atoms with van der Waals surface area (Å²) in [5.74, 6) is 1.96. The molecule has 1 amide bonds. The summed E-state index contributed by atoms with van der Waals surface area (Å²) in [6.07, 6.45) is -0.577. The minimum Gasteiger partial charge on any atom is -0.486 e. The highest BCUT2D eigenvalue weighted by Gasteiger charge is 2.19. The van der Waals surface area contributed by atoms with E-state index in [4.69, 9.17) is 14.2 Å². The number of nitrogens with one attached hydrogen (secondary N) is 1. The van der Waals surface area contributed by atoms with Crippen LogP contribution in [0, 0.1) is 0 Å². The van der Waals surface area contributed by atoms with E-state index in [1.54, 1.807) is 6.92 Å². The zero-order valence-corrected chi connectivity index (χ0v) is 13.8. The maximum atomic E-state index is 12.3. The standard InChI is InChI=1S/C19H21NO4/c1-13(15-8-9-17-18(12-15)23-11-10-22-17)20-19(21)14(2)24-16-6-4-3-5-7-16/h3-9,12-14H,10-11H2,1-2H3,(H,20,21)/t13-,14+/m0/s1. The topological polar surface area (TPSA) is 56.8 Å². The van der Waals surface area contributed by atoms with Crippen LogP contribution in [-0.2, 0) is 4.79 Å². The highest BCUT2D eigenvalue weighted by Crippen LogP contribution is 2.32. The Morgan fingerprint density at radius 2 is 1.75 bits per heavy atom. The summed E-state index contributed by atoms with van der Waals surface area (Å²) in [6, 6.07) is 14.9. The molecule has 0 saturated heterocycles. The molecule has 5 heteroatoms. The number of benzene rings is 2. The zero-order valence-electron chi connectivity index (χ0n) is 13.8. The normalized spacial score (nSPS) is 15.2. The van der Waals surface area contributed by atoms with Crippen molar-refractivity contribution in [3.05, 3.63) is 54.1 Å². The summed E-state index contributed by atoms with van der Waals surface area (Å²) < 4.78 is 16.7. The minimum absolute atomic E-state index is 0.157. The fourth-order valence-electron chi connectivity index (χ4n) is 2.50. The Hall–Kier alpha value is -2.69. The zero-order chi connectivity index (χ0) is 16.9. The molecule has 0 radical (unpaired) electrons. The van der Waals surface area contributed by atoms with Crippen LogP contribution in [0.1, 0.15) is 25.5 Å². The first kappa shape index (κ1) is 16.2. The van der Waals surface area contributed by atoms with E-state index in [1.807, 2.05) is 55.5 Å². The number of carbonyl (C=O) groups is 1. The molecule has 0 spiro atoms.